The van der Waals surface area contributed by atoms with E-state index in [4.69, 9.17) is 4.74 Å². The lowest BCUT2D eigenvalue weighted by atomic mass is 9.75. The Hall–Kier alpha value is -1.39. The number of hydrogen-bond donors (Lipinski definition) is 0. The van der Waals surface area contributed by atoms with Gasteiger partial charge >= 0.3 is 0 Å². The van der Waals surface area contributed by atoms with E-state index >= 15 is 0 Å². The van der Waals surface area contributed by atoms with Gasteiger partial charge in [0.25, 0.3) is 0 Å². The van der Waals surface area contributed by atoms with Crippen molar-refractivity contribution >= 4 is 5.91 Å². The average Bonchev–Trinajstić information content (AvgIpc) is 2.60. The molecule has 2 heterocycles. The van der Waals surface area contributed by atoms with Gasteiger partial charge in [0.2, 0.25) is 5.91 Å². The average molecular weight is 373 g/mol. The predicted octanol–water partition coefficient (Wildman–Crippen LogP) is 3.81. The Bertz CT molecular complexity index is 598. The third-order valence-electron chi connectivity index (χ3n) is 6.57. The molecule has 2 aliphatic rings. The molecule has 0 bridgehead atoms. The van der Waals surface area contributed by atoms with Crippen molar-refractivity contribution in [2.24, 2.45) is 17.8 Å². The van der Waals surface area contributed by atoms with Gasteiger partial charge in [-0.3, -0.25) is 9.69 Å². The highest BCUT2D eigenvalue weighted by molar-refractivity contribution is 5.73. The summed E-state index contributed by atoms with van der Waals surface area (Å²) in [6.07, 6.45) is 2.68. The van der Waals surface area contributed by atoms with Crippen LogP contribution >= 0.6 is 0 Å². The highest BCUT2D eigenvalue weighted by Crippen LogP contribution is 2.34. The summed E-state index contributed by atoms with van der Waals surface area (Å²) in [4.78, 5) is 16.4. The van der Waals surface area contributed by atoms with Crippen molar-refractivity contribution in [3.8, 4) is 0 Å². The Kier molecular flexibility index (Phi) is 6.93. The second-order valence-electron chi connectivity index (χ2n) is 8.88. The van der Waals surface area contributed by atoms with Gasteiger partial charge in [-0.2, -0.15) is 0 Å². The van der Waals surface area contributed by atoms with Gasteiger partial charge < -0.3 is 9.64 Å². The topological polar surface area (TPSA) is 32.8 Å². The summed E-state index contributed by atoms with van der Waals surface area (Å²) in [6.45, 7) is 13.4. The molecule has 4 nitrogen and oxygen atoms in total. The number of rotatable bonds is 7. The number of ether oxygens (including phenoxy) is 1. The van der Waals surface area contributed by atoms with Gasteiger partial charge in [0.15, 0.2) is 0 Å². The summed E-state index contributed by atoms with van der Waals surface area (Å²) in [5.74, 6) is 2.26. The Morgan fingerprint density at radius 3 is 2.48 bits per heavy atom. The number of likely N-dealkylation sites (tertiary alicyclic amines) is 2. The number of amides is 1. The molecule has 0 aliphatic carbocycles. The van der Waals surface area contributed by atoms with E-state index in [1.807, 2.05) is 6.07 Å². The summed E-state index contributed by atoms with van der Waals surface area (Å²) in [7, 11) is 0. The van der Waals surface area contributed by atoms with Crippen LogP contribution in [0.25, 0.3) is 0 Å². The normalized spacial score (nSPS) is 25.4. The van der Waals surface area contributed by atoms with E-state index in [2.05, 4.69) is 54.8 Å². The lowest BCUT2D eigenvalue weighted by Gasteiger charge is -2.46. The molecule has 150 valence electrons. The van der Waals surface area contributed by atoms with Crippen LogP contribution in [0.2, 0.25) is 0 Å². The van der Waals surface area contributed by atoms with Crippen LogP contribution < -0.4 is 0 Å². The SMILES string of the molecule is CC(=O)N1CCC(C(C)C)C(CC(C)N2CC(OCc3ccccc3)C2)C1. The van der Waals surface area contributed by atoms with Gasteiger partial charge in [-0.05, 0) is 43.1 Å². The van der Waals surface area contributed by atoms with E-state index < -0.39 is 0 Å². The summed E-state index contributed by atoms with van der Waals surface area (Å²) in [6, 6.07) is 11.0. The first-order valence-corrected chi connectivity index (χ1v) is 10.6. The predicted molar refractivity (Wildman–Crippen MR) is 109 cm³/mol. The zero-order valence-electron chi connectivity index (χ0n) is 17.4. The molecule has 2 aliphatic heterocycles. The number of nitrogens with zero attached hydrogens (tertiary/aromatic N) is 2. The summed E-state index contributed by atoms with van der Waals surface area (Å²) < 4.78 is 6.05. The molecule has 0 aromatic heterocycles. The van der Waals surface area contributed by atoms with Crippen molar-refractivity contribution in [3.05, 3.63) is 35.9 Å². The van der Waals surface area contributed by atoms with E-state index in [9.17, 15) is 4.79 Å². The van der Waals surface area contributed by atoms with Crippen LogP contribution in [0.4, 0.5) is 0 Å². The van der Waals surface area contributed by atoms with Crippen molar-refractivity contribution in [3.63, 3.8) is 0 Å². The maximum atomic E-state index is 11.8. The highest BCUT2D eigenvalue weighted by atomic mass is 16.5. The smallest absolute Gasteiger partial charge is 0.219 e. The van der Waals surface area contributed by atoms with Crippen LogP contribution in [0.5, 0.6) is 0 Å². The molecule has 1 aromatic carbocycles. The van der Waals surface area contributed by atoms with Crippen molar-refractivity contribution in [1.82, 2.24) is 9.80 Å². The standard InChI is InChI=1S/C23H36N2O2/c1-17(2)23-10-11-24(19(4)26)13-21(23)12-18(3)25-14-22(15-25)27-16-20-8-6-5-7-9-20/h5-9,17-18,21-23H,10-16H2,1-4H3. The van der Waals surface area contributed by atoms with Crippen LogP contribution in [0.15, 0.2) is 30.3 Å². The lowest BCUT2D eigenvalue weighted by Crippen LogP contribution is -2.56. The van der Waals surface area contributed by atoms with E-state index in [0.717, 1.165) is 38.5 Å². The number of carbonyl (C=O) groups excluding carboxylic acids is 1. The molecule has 3 unspecified atom stereocenters. The number of benzene rings is 1. The van der Waals surface area contributed by atoms with E-state index in [-0.39, 0.29) is 5.91 Å². The lowest BCUT2D eigenvalue weighted by molar-refractivity contribution is -0.132. The summed E-state index contributed by atoms with van der Waals surface area (Å²) in [5.41, 5.74) is 1.25. The second kappa shape index (κ2) is 9.20. The monoisotopic (exact) mass is 372 g/mol. The Morgan fingerprint density at radius 2 is 1.85 bits per heavy atom. The minimum atomic E-state index is 0.230. The van der Waals surface area contributed by atoms with Gasteiger partial charge in [0, 0.05) is 39.1 Å². The molecule has 0 radical (unpaired) electrons. The van der Waals surface area contributed by atoms with Crippen LogP contribution in [-0.2, 0) is 16.1 Å². The molecule has 0 N–H and O–H groups in total. The van der Waals surface area contributed by atoms with Gasteiger partial charge in [0.05, 0.1) is 12.7 Å². The van der Waals surface area contributed by atoms with Gasteiger partial charge in [-0.1, -0.05) is 44.2 Å². The number of piperidine rings is 1. The fourth-order valence-corrected chi connectivity index (χ4v) is 4.77. The Morgan fingerprint density at radius 1 is 1.15 bits per heavy atom. The second-order valence-corrected chi connectivity index (χ2v) is 8.88. The molecule has 2 saturated heterocycles. The highest BCUT2D eigenvalue weighted by Gasteiger charge is 2.36. The largest absolute Gasteiger partial charge is 0.371 e. The van der Waals surface area contributed by atoms with Crippen LogP contribution in [-0.4, -0.2) is 54.0 Å². The van der Waals surface area contributed by atoms with Crippen LogP contribution in [0.3, 0.4) is 0 Å². The quantitative estimate of drug-likeness (QED) is 0.730. The third-order valence-corrected chi connectivity index (χ3v) is 6.57. The minimum Gasteiger partial charge on any atom is -0.371 e. The van der Waals surface area contributed by atoms with Crippen LogP contribution in [0, 0.1) is 17.8 Å². The number of carbonyl (C=O) groups is 1. The molecule has 27 heavy (non-hydrogen) atoms. The van der Waals surface area contributed by atoms with Gasteiger partial charge in [-0.15, -0.1) is 0 Å². The maximum absolute atomic E-state index is 11.8. The van der Waals surface area contributed by atoms with Crippen molar-refractivity contribution in [2.75, 3.05) is 26.2 Å². The molecule has 0 saturated carbocycles. The molecule has 1 aromatic rings. The van der Waals surface area contributed by atoms with E-state index in [0.29, 0.717) is 30.6 Å². The van der Waals surface area contributed by atoms with Gasteiger partial charge in [-0.25, -0.2) is 0 Å². The first-order valence-electron chi connectivity index (χ1n) is 10.6. The zero-order chi connectivity index (χ0) is 19.4. The molecule has 3 atom stereocenters. The zero-order valence-corrected chi connectivity index (χ0v) is 17.4. The minimum absolute atomic E-state index is 0.230. The molecule has 1 amide bonds. The number of hydrogen-bond acceptors (Lipinski definition) is 3. The van der Waals surface area contributed by atoms with Crippen molar-refractivity contribution in [2.45, 2.75) is 59.3 Å². The molecular weight excluding hydrogens is 336 g/mol. The summed E-state index contributed by atoms with van der Waals surface area (Å²) >= 11 is 0. The summed E-state index contributed by atoms with van der Waals surface area (Å²) in [5, 5.41) is 0. The maximum Gasteiger partial charge on any atom is 0.219 e. The fourth-order valence-electron chi connectivity index (χ4n) is 4.77. The fraction of sp³-hybridized carbons (Fsp3) is 0.696. The molecule has 3 rings (SSSR count). The van der Waals surface area contributed by atoms with Crippen molar-refractivity contribution in [1.29, 1.82) is 0 Å². The molecule has 4 heteroatoms. The Balaban J connectivity index is 1.45. The molecule has 2 fully saturated rings. The van der Waals surface area contributed by atoms with Gasteiger partial charge in [0.1, 0.15) is 0 Å². The van der Waals surface area contributed by atoms with Crippen LogP contribution in [0.1, 0.15) is 46.1 Å². The first-order chi connectivity index (χ1) is 12.9. The molecule has 0 spiro atoms. The van der Waals surface area contributed by atoms with E-state index in [1.165, 1.54) is 12.0 Å². The first kappa shape index (κ1) is 20.3. The Labute approximate surface area is 164 Å². The van der Waals surface area contributed by atoms with E-state index in [1.54, 1.807) is 6.92 Å². The van der Waals surface area contributed by atoms with Crippen molar-refractivity contribution < 1.29 is 9.53 Å². The molecular formula is C23H36N2O2. The third kappa shape index (κ3) is 5.32.